The fourth-order valence-corrected chi connectivity index (χ4v) is 3.80. The molecule has 5 nitrogen and oxygen atoms in total. The average Bonchev–Trinajstić information content (AvgIpc) is 2.80. The van der Waals surface area contributed by atoms with Gasteiger partial charge < -0.3 is 14.0 Å². The molecule has 5 rings (SSSR count). The van der Waals surface area contributed by atoms with E-state index in [1.165, 1.54) is 12.1 Å². The highest BCUT2D eigenvalue weighted by Gasteiger charge is 2.21. The number of ether oxygens (including phenoxy) is 2. The monoisotopic (exact) mass is 415 g/mol. The second-order valence-corrected chi connectivity index (χ2v) is 7.34. The zero-order valence-electron chi connectivity index (χ0n) is 16.5. The van der Waals surface area contributed by atoms with Crippen LogP contribution in [0.1, 0.15) is 21.5 Å². The van der Waals surface area contributed by atoms with Crippen molar-refractivity contribution in [2.24, 2.45) is 0 Å². The first-order chi connectivity index (χ1) is 15.1. The minimum absolute atomic E-state index is 0.0479. The summed E-state index contributed by atoms with van der Waals surface area (Å²) in [5, 5.41) is 0.349. The minimum atomic E-state index is -0.378. The molecule has 0 unspecified atom stereocenters. The first kappa shape index (κ1) is 19.1. The summed E-state index contributed by atoms with van der Waals surface area (Å²) in [6.45, 7) is 1.08. The number of carbonyl (C=O) groups excluding carboxylic acids is 1. The lowest BCUT2D eigenvalue weighted by Gasteiger charge is -2.21. The molecule has 0 aliphatic carbocycles. The number of hydrogen-bond donors (Lipinski definition) is 0. The van der Waals surface area contributed by atoms with E-state index in [0.29, 0.717) is 46.7 Å². The average molecular weight is 415 g/mol. The maximum Gasteiger partial charge on any atom is 0.200 e. The Labute approximate surface area is 177 Å². The molecule has 0 bridgehead atoms. The molecule has 1 aromatic heterocycles. The van der Waals surface area contributed by atoms with E-state index in [-0.39, 0.29) is 29.1 Å². The Morgan fingerprint density at radius 2 is 1.68 bits per heavy atom. The van der Waals surface area contributed by atoms with Gasteiger partial charge in [-0.15, -0.1) is 0 Å². The molecule has 1 aliphatic heterocycles. The fraction of sp³-hybridized carbons (Fsp3) is 0.120. The summed E-state index contributed by atoms with van der Waals surface area (Å²) in [6.07, 6.45) is 1.54. The van der Waals surface area contributed by atoms with E-state index in [1.807, 2.05) is 6.07 Å². The zero-order chi connectivity index (χ0) is 21.4. The van der Waals surface area contributed by atoms with Gasteiger partial charge in [0.15, 0.2) is 17.3 Å². The number of ketones is 1. The summed E-state index contributed by atoms with van der Waals surface area (Å²) < 4.78 is 26.8. The van der Waals surface area contributed by atoms with Crippen molar-refractivity contribution >= 4 is 16.7 Å². The molecule has 0 N–H and O–H groups in total. The third-order valence-electron chi connectivity index (χ3n) is 5.27. The highest BCUT2D eigenvalue weighted by Crippen LogP contribution is 2.34. The topological polar surface area (TPSA) is 57.5 Å². The Bertz CT molecular complexity index is 1360. The lowest BCUT2D eigenvalue weighted by atomic mass is 10.0. The quantitative estimate of drug-likeness (QED) is 0.469. The lowest BCUT2D eigenvalue weighted by Crippen LogP contribution is -2.21. The van der Waals surface area contributed by atoms with Crippen LogP contribution in [0.2, 0.25) is 0 Å². The van der Waals surface area contributed by atoms with E-state index < -0.39 is 0 Å². The van der Waals surface area contributed by atoms with Gasteiger partial charge >= 0.3 is 0 Å². The summed E-state index contributed by atoms with van der Waals surface area (Å²) in [4.78, 5) is 26.4. The minimum Gasteiger partial charge on any atom is -0.486 e. The SMILES string of the molecule is O=C(c1ccccc1)c1cn(Cc2cccc(F)c2)c2cc3c(cc2c1=O)OCCO3. The molecule has 3 aromatic carbocycles. The molecule has 6 heteroatoms. The molecule has 0 spiro atoms. The molecule has 154 valence electrons. The van der Waals surface area contributed by atoms with Gasteiger partial charge in [-0.3, -0.25) is 9.59 Å². The summed E-state index contributed by atoms with van der Waals surface area (Å²) >= 11 is 0. The van der Waals surface area contributed by atoms with E-state index in [0.717, 1.165) is 0 Å². The van der Waals surface area contributed by atoms with Crippen molar-refractivity contribution in [3.8, 4) is 11.5 Å². The largest absolute Gasteiger partial charge is 0.486 e. The molecule has 0 saturated heterocycles. The molecule has 1 aliphatic rings. The third kappa shape index (κ3) is 3.57. The molecule has 0 atom stereocenters. The van der Waals surface area contributed by atoms with Gasteiger partial charge in [0.1, 0.15) is 19.0 Å². The van der Waals surface area contributed by atoms with Crippen molar-refractivity contribution in [2.75, 3.05) is 13.2 Å². The van der Waals surface area contributed by atoms with E-state index in [1.54, 1.807) is 59.3 Å². The van der Waals surface area contributed by atoms with Crippen LogP contribution in [0.3, 0.4) is 0 Å². The van der Waals surface area contributed by atoms with Gasteiger partial charge in [0.25, 0.3) is 0 Å². The molecule has 4 aromatic rings. The Morgan fingerprint density at radius 1 is 0.935 bits per heavy atom. The van der Waals surface area contributed by atoms with Crippen LogP contribution in [0.15, 0.2) is 77.7 Å². The van der Waals surface area contributed by atoms with Crippen molar-refractivity contribution in [3.63, 3.8) is 0 Å². The van der Waals surface area contributed by atoms with E-state index in [2.05, 4.69) is 0 Å². The van der Waals surface area contributed by atoms with Crippen LogP contribution >= 0.6 is 0 Å². The standard InChI is InChI=1S/C25H18FNO4/c26-18-8-4-5-16(11-18)14-27-15-20(24(28)17-6-2-1-3-7-17)25(29)19-12-22-23(13-21(19)27)31-10-9-30-22/h1-8,11-13,15H,9-10,14H2. The Kier molecular flexibility index (Phi) is 4.75. The maximum absolute atomic E-state index is 13.8. The van der Waals surface area contributed by atoms with Gasteiger partial charge in [-0.05, 0) is 23.8 Å². The van der Waals surface area contributed by atoms with Gasteiger partial charge in [0.05, 0.1) is 16.5 Å². The molecular formula is C25H18FNO4. The van der Waals surface area contributed by atoms with Crippen LogP contribution in [-0.2, 0) is 6.54 Å². The van der Waals surface area contributed by atoms with Gasteiger partial charge in [-0.2, -0.15) is 0 Å². The van der Waals surface area contributed by atoms with Gasteiger partial charge in [-0.25, -0.2) is 4.39 Å². The molecule has 0 amide bonds. The van der Waals surface area contributed by atoms with Crippen LogP contribution < -0.4 is 14.9 Å². The molecule has 2 heterocycles. The Morgan fingerprint density at radius 3 is 2.42 bits per heavy atom. The second kappa shape index (κ2) is 7.72. The predicted molar refractivity (Wildman–Crippen MR) is 115 cm³/mol. The number of nitrogens with zero attached hydrogens (tertiary/aromatic N) is 1. The normalized spacial score (nSPS) is 12.7. The highest BCUT2D eigenvalue weighted by molar-refractivity contribution is 6.10. The summed E-state index contributed by atoms with van der Waals surface area (Å²) in [6, 6.07) is 18.2. The second-order valence-electron chi connectivity index (χ2n) is 7.34. The number of benzene rings is 3. The van der Waals surface area contributed by atoms with Crippen molar-refractivity contribution < 1.29 is 18.7 Å². The number of halogens is 1. The molecule has 31 heavy (non-hydrogen) atoms. The first-order valence-corrected chi connectivity index (χ1v) is 9.91. The van der Waals surface area contributed by atoms with Crippen LogP contribution in [-0.4, -0.2) is 23.6 Å². The summed E-state index contributed by atoms with van der Waals surface area (Å²) in [5.41, 5.74) is 1.39. The highest BCUT2D eigenvalue weighted by atomic mass is 19.1. The number of pyridine rings is 1. The molecular weight excluding hydrogens is 397 g/mol. The fourth-order valence-electron chi connectivity index (χ4n) is 3.80. The van der Waals surface area contributed by atoms with Gasteiger partial charge in [-0.1, -0.05) is 42.5 Å². The van der Waals surface area contributed by atoms with E-state index >= 15 is 0 Å². The maximum atomic E-state index is 13.8. The van der Waals surface area contributed by atoms with E-state index in [4.69, 9.17) is 9.47 Å². The summed E-state index contributed by atoms with van der Waals surface area (Å²) in [5.74, 6) is 0.290. The van der Waals surface area contributed by atoms with Crippen molar-refractivity contribution in [1.29, 1.82) is 0 Å². The number of rotatable bonds is 4. The van der Waals surface area contributed by atoms with Crippen LogP contribution in [0, 0.1) is 5.82 Å². The Hall–Kier alpha value is -3.93. The van der Waals surface area contributed by atoms with Crippen LogP contribution in [0.4, 0.5) is 4.39 Å². The number of fused-ring (bicyclic) bond motifs is 2. The van der Waals surface area contributed by atoms with Gasteiger partial charge in [0, 0.05) is 24.4 Å². The predicted octanol–water partition coefficient (Wildman–Crippen LogP) is 4.19. The molecule has 0 saturated carbocycles. The van der Waals surface area contributed by atoms with Crippen molar-refractivity contribution in [3.05, 3.63) is 106 Å². The van der Waals surface area contributed by atoms with Crippen molar-refractivity contribution in [1.82, 2.24) is 4.57 Å². The lowest BCUT2D eigenvalue weighted by molar-refractivity contribution is 0.103. The van der Waals surface area contributed by atoms with Gasteiger partial charge in [0.2, 0.25) is 5.43 Å². The van der Waals surface area contributed by atoms with Crippen LogP contribution in [0.25, 0.3) is 10.9 Å². The molecule has 0 fully saturated rings. The number of hydrogen-bond acceptors (Lipinski definition) is 4. The number of aromatic nitrogens is 1. The van der Waals surface area contributed by atoms with Crippen molar-refractivity contribution in [2.45, 2.75) is 6.54 Å². The van der Waals surface area contributed by atoms with E-state index in [9.17, 15) is 14.0 Å². The van der Waals surface area contributed by atoms with Crippen LogP contribution in [0.5, 0.6) is 11.5 Å². The number of carbonyl (C=O) groups is 1. The first-order valence-electron chi connectivity index (χ1n) is 9.91. The smallest absolute Gasteiger partial charge is 0.200 e. The summed E-state index contributed by atoms with van der Waals surface area (Å²) in [7, 11) is 0. The third-order valence-corrected chi connectivity index (χ3v) is 5.27. The molecule has 0 radical (unpaired) electrons. The zero-order valence-corrected chi connectivity index (χ0v) is 16.5. The Balaban J connectivity index is 1.73.